The number of aromatic amines is 1. The topological polar surface area (TPSA) is 58.0 Å². The van der Waals surface area contributed by atoms with E-state index in [1.165, 1.54) is 0 Å². The van der Waals surface area contributed by atoms with Gasteiger partial charge in [-0.05, 0) is 19.9 Å². The fourth-order valence-corrected chi connectivity index (χ4v) is 1.78. The van der Waals surface area contributed by atoms with Gasteiger partial charge in [0, 0.05) is 12.5 Å². The summed E-state index contributed by atoms with van der Waals surface area (Å²) in [6.45, 7) is 0. The summed E-state index contributed by atoms with van der Waals surface area (Å²) in [6, 6.07) is 0.177. The Labute approximate surface area is 86.4 Å². The molecule has 0 amide bonds. The zero-order valence-electron chi connectivity index (χ0n) is 7.42. The smallest absolute Gasteiger partial charge is 0.284 e. The van der Waals surface area contributed by atoms with Gasteiger partial charge in [-0.15, -0.1) is 17.0 Å². The summed E-state index contributed by atoms with van der Waals surface area (Å²) in [5.74, 6) is 0.825. The first-order valence-electron chi connectivity index (χ1n) is 4.20. The molecule has 0 saturated heterocycles. The molecule has 0 saturated carbocycles. The van der Waals surface area contributed by atoms with Gasteiger partial charge in [-0.1, -0.05) is 0 Å². The Bertz CT molecular complexity index is 331. The maximum atomic E-state index is 11.2. The molecule has 5 heteroatoms. The van der Waals surface area contributed by atoms with Crippen LogP contribution in [0.5, 0.6) is 0 Å². The van der Waals surface area contributed by atoms with Gasteiger partial charge in [0.1, 0.15) is 5.76 Å². The number of halogens is 1. The van der Waals surface area contributed by atoms with Crippen molar-refractivity contribution < 1.29 is 4.52 Å². The molecule has 0 radical (unpaired) electrons. The highest BCUT2D eigenvalue weighted by Crippen LogP contribution is 2.25. The van der Waals surface area contributed by atoms with Gasteiger partial charge in [0.2, 0.25) is 0 Å². The van der Waals surface area contributed by atoms with E-state index in [1.54, 1.807) is 0 Å². The van der Waals surface area contributed by atoms with Crippen molar-refractivity contribution in [3.05, 3.63) is 21.7 Å². The maximum Gasteiger partial charge on any atom is 0.284 e. The maximum absolute atomic E-state index is 11.2. The van der Waals surface area contributed by atoms with Crippen LogP contribution in [-0.2, 0) is 6.42 Å². The molecule has 1 aromatic heterocycles. The second-order valence-corrected chi connectivity index (χ2v) is 3.10. The number of aryl methyl sites for hydroxylation is 1. The molecule has 2 rings (SSSR count). The van der Waals surface area contributed by atoms with Crippen LogP contribution in [0.1, 0.15) is 30.2 Å². The summed E-state index contributed by atoms with van der Waals surface area (Å²) in [5.41, 5.74) is 0.716. The Morgan fingerprint density at radius 2 is 2.38 bits per heavy atom. The Balaban J connectivity index is 0.000000845. The first kappa shape index (κ1) is 10.5. The first-order chi connectivity index (χ1) is 5.83. The van der Waals surface area contributed by atoms with Crippen LogP contribution in [0.15, 0.2) is 9.32 Å². The van der Waals surface area contributed by atoms with E-state index in [0.29, 0.717) is 0 Å². The van der Waals surface area contributed by atoms with Crippen molar-refractivity contribution in [3.63, 3.8) is 0 Å². The van der Waals surface area contributed by atoms with Crippen molar-refractivity contribution in [1.82, 2.24) is 10.5 Å². The molecule has 2 N–H and O–H groups in total. The average molecular weight is 249 g/mol. The van der Waals surface area contributed by atoms with E-state index < -0.39 is 0 Å². The summed E-state index contributed by atoms with van der Waals surface area (Å²) in [7, 11) is 1.87. The van der Waals surface area contributed by atoms with Gasteiger partial charge < -0.3 is 9.84 Å². The zero-order chi connectivity index (χ0) is 8.55. The lowest BCUT2D eigenvalue weighted by Gasteiger charge is -2.18. The lowest BCUT2D eigenvalue weighted by atomic mass is 9.94. The summed E-state index contributed by atoms with van der Waals surface area (Å²) >= 11 is 0. The first-order valence-corrected chi connectivity index (χ1v) is 4.20. The molecule has 0 fully saturated rings. The third-order valence-electron chi connectivity index (χ3n) is 2.41. The largest absolute Gasteiger partial charge is 0.383 e. The van der Waals surface area contributed by atoms with Crippen LogP contribution in [0.25, 0.3) is 0 Å². The minimum absolute atomic E-state index is 0. The predicted octanol–water partition coefficient (Wildman–Crippen LogP) is 1.14. The number of fused-ring (bicyclic) bond motifs is 1. The fourth-order valence-electron chi connectivity index (χ4n) is 1.78. The molecule has 1 unspecified atom stereocenters. The predicted molar refractivity (Wildman–Crippen MR) is 54.4 cm³/mol. The SMILES string of the molecule is Br.CNC1CCCc2o[nH]c(=O)c21. The normalized spacial score (nSPS) is 20.5. The van der Waals surface area contributed by atoms with Crippen molar-refractivity contribution >= 4 is 17.0 Å². The van der Waals surface area contributed by atoms with Crippen LogP contribution in [0.3, 0.4) is 0 Å². The van der Waals surface area contributed by atoms with Crippen molar-refractivity contribution in [1.29, 1.82) is 0 Å². The van der Waals surface area contributed by atoms with E-state index in [2.05, 4.69) is 10.5 Å². The second-order valence-electron chi connectivity index (χ2n) is 3.10. The van der Waals surface area contributed by atoms with Gasteiger partial charge in [0.05, 0.1) is 5.56 Å². The lowest BCUT2D eigenvalue weighted by molar-refractivity contribution is 0.357. The summed E-state index contributed by atoms with van der Waals surface area (Å²) in [5, 5.41) is 5.48. The Morgan fingerprint density at radius 3 is 3.08 bits per heavy atom. The van der Waals surface area contributed by atoms with Gasteiger partial charge in [-0.3, -0.25) is 4.79 Å². The van der Waals surface area contributed by atoms with Crippen LogP contribution < -0.4 is 10.9 Å². The van der Waals surface area contributed by atoms with E-state index in [1.807, 2.05) is 7.05 Å². The minimum Gasteiger partial charge on any atom is -0.383 e. The van der Waals surface area contributed by atoms with Crippen molar-refractivity contribution in [2.24, 2.45) is 0 Å². The number of hydrogen-bond acceptors (Lipinski definition) is 3. The van der Waals surface area contributed by atoms with Gasteiger partial charge in [0.15, 0.2) is 0 Å². The van der Waals surface area contributed by atoms with Gasteiger partial charge in [-0.2, -0.15) is 5.16 Å². The van der Waals surface area contributed by atoms with Crippen molar-refractivity contribution in [3.8, 4) is 0 Å². The standard InChI is InChI=1S/C8H12N2O2.BrH/c1-9-5-3-2-4-6-7(5)8(11)10-12-6;/h5,9H,2-4H2,1H3,(H,10,11);1H. The van der Waals surface area contributed by atoms with Crippen molar-refractivity contribution in [2.75, 3.05) is 7.05 Å². The quantitative estimate of drug-likeness (QED) is 0.784. The van der Waals surface area contributed by atoms with E-state index in [0.717, 1.165) is 30.6 Å². The Morgan fingerprint density at radius 1 is 1.62 bits per heavy atom. The second kappa shape index (κ2) is 4.11. The third kappa shape index (κ3) is 1.71. The Hall–Kier alpha value is -0.550. The molecular formula is C8H13BrN2O2. The van der Waals surface area contributed by atoms with E-state index >= 15 is 0 Å². The van der Waals surface area contributed by atoms with Crippen LogP contribution in [-0.4, -0.2) is 12.2 Å². The molecule has 1 aliphatic rings. The van der Waals surface area contributed by atoms with Gasteiger partial charge in [-0.25, -0.2) is 0 Å². The fraction of sp³-hybridized carbons (Fsp3) is 0.625. The highest BCUT2D eigenvalue weighted by atomic mass is 79.9. The molecule has 1 heterocycles. The van der Waals surface area contributed by atoms with E-state index in [4.69, 9.17) is 4.52 Å². The number of nitrogens with one attached hydrogen (secondary N) is 2. The third-order valence-corrected chi connectivity index (χ3v) is 2.41. The molecule has 13 heavy (non-hydrogen) atoms. The average Bonchev–Trinajstić information content (AvgIpc) is 2.48. The molecule has 1 aromatic rings. The molecule has 0 spiro atoms. The molecule has 0 aromatic carbocycles. The molecule has 0 bridgehead atoms. The van der Waals surface area contributed by atoms with Crippen LogP contribution in [0.4, 0.5) is 0 Å². The molecule has 74 valence electrons. The lowest BCUT2D eigenvalue weighted by Crippen LogP contribution is -2.25. The number of aromatic nitrogens is 1. The highest BCUT2D eigenvalue weighted by molar-refractivity contribution is 8.93. The van der Waals surface area contributed by atoms with Crippen LogP contribution >= 0.6 is 17.0 Å². The van der Waals surface area contributed by atoms with E-state index in [9.17, 15) is 4.79 Å². The molecule has 1 aliphatic carbocycles. The number of H-pyrrole nitrogens is 1. The summed E-state index contributed by atoms with van der Waals surface area (Å²) < 4.78 is 5.04. The van der Waals surface area contributed by atoms with Gasteiger partial charge in [0.25, 0.3) is 5.56 Å². The van der Waals surface area contributed by atoms with Crippen molar-refractivity contribution in [2.45, 2.75) is 25.3 Å². The van der Waals surface area contributed by atoms with Crippen LogP contribution in [0, 0.1) is 0 Å². The Kier molecular flexibility index (Phi) is 3.33. The zero-order valence-corrected chi connectivity index (χ0v) is 9.14. The highest BCUT2D eigenvalue weighted by Gasteiger charge is 2.25. The number of hydrogen-bond donors (Lipinski definition) is 2. The van der Waals surface area contributed by atoms with Crippen LogP contribution in [0.2, 0.25) is 0 Å². The van der Waals surface area contributed by atoms with Gasteiger partial charge >= 0.3 is 0 Å². The monoisotopic (exact) mass is 248 g/mol. The molecule has 4 nitrogen and oxygen atoms in total. The van der Waals surface area contributed by atoms with E-state index in [-0.39, 0.29) is 28.6 Å². The molecule has 0 aliphatic heterocycles. The summed E-state index contributed by atoms with van der Waals surface area (Å²) in [6.07, 6.45) is 2.98. The minimum atomic E-state index is -0.0796. The molecular weight excluding hydrogens is 236 g/mol. The number of rotatable bonds is 1. The summed E-state index contributed by atoms with van der Waals surface area (Å²) in [4.78, 5) is 11.2. The molecule has 1 atom stereocenters.